The highest BCUT2D eigenvalue weighted by molar-refractivity contribution is 7.98. The predicted octanol–water partition coefficient (Wildman–Crippen LogP) is 2.76. The van der Waals surface area contributed by atoms with Gasteiger partial charge in [0.25, 0.3) is 5.91 Å². The molecule has 0 saturated heterocycles. The maximum Gasteiger partial charge on any atom is 0.255 e. The van der Waals surface area contributed by atoms with Crippen LogP contribution in [-0.4, -0.2) is 16.0 Å². The average Bonchev–Trinajstić information content (AvgIpc) is 2.46. The molecule has 0 saturated carbocycles. The Hall–Kier alpha value is -2.11. The molecule has 0 aliphatic heterocycles. The summed E-state index contributed by atoms with van der Waals surface area (Å²) in [6.45, 7) is 3.98. The van der Waals surface area contributed by atoms with Gasteiger partial charge >= 0.3 is 0 Å². The van der Waals surface area contributed by atoms with Gasteiger partial charge in [-0.3, -0.25) is 9.93 Å². The van der Waals surface area contributed by atoms with Crippen molar-refractivity contribution in [2.24, 2.45) is 5.14 Å². The minimum absolute atomic E-state index is 0.204. The summed E-state index contributed by atoms with van der Waals surface area (Å²) >= 11 is 0. The first kappa shape index (κ1) is 16.3. The summed E-state index contributed by atoms with van der Waals surface area (Å²) in [5.41, 5.74) is 3.28. The molecule has 4 nitrogen and oxygen atoms in total. The standard InChI is InChI=1S/C17H20N2O2S/c1-4-13-8-9-16(12(2)10-13)17(20)19-14-6-5-7-15(11-14)22(3,18)21/h5-11H,3-4H2,1-2H3,(H2,18,21)(H,19,20). The zero-order chi connectivity index (χ0) is 16.3. The van der Waals surface area contributed by atoms with Gasteiger partial charge in [0.05, 0.1) is 9.71 Å². The third-order valence-corrected chi connectivity index (χ3v) is 4.49. The normalized spacial score (nSPS) is 13.4. The van der Waals surface area contributed by atoms with Gasteiger partial charge in [0.15, 0.2) is 0 Å². The second kappa shape index (κ2) is 6.34. The number of aryl methyl sites for hydroxylation is 2. The average molecular weight is 316 g/mol. The number of amides is 1. The van der Waals surface area contributed by atoms with Gasteiger partial charge in [-0.05, 0) is 54.6 Å². The molecule has 116 valence electrons. The molecule has 0 aliphatic rings. The fourth-order valence-electron chi connectivity index (χ4n) is 2.19. The fourth-order valence-corrected chi connectivity index (χ4v) is 2.82. The Kier molecular flexibility index (Phi) is 4.68. The molecule has 0 aromatic heterocycles. The van der Waals surface area contributed by atoms with E-state index in [4.69, 9.17) is 5.14 Å². The number of carbonyl (C=O) groups excluding carboxylic acids is 1. The molecule has 2 aromatic carbocycles. The smallest absolute Gasteiger partial charge is 0.255 e. The van der Waals surface area contributed by atoms with E-state index in [0.29, 0.717) is 16.1 Å². The molecule has 2 aromatic rings. The lowest BCUT2D eigenvalue weighted by atomic mass is 10.0. The first-order valence-corrected chi connectivity index (χ1v) is 8.76. The molecule has 22 heavy (non-hydrogen) atoms. The number of nitrogens with one attached hydrogen (secondary N) is 1. The topological polar surface area (TPSA) is 72.2 Å². The number of anilines is 1. The van der Waals surface area contributed by atoms with E-state index in [0.717, 1.165) is 12.0 Å². The third-order valence-electron chi connectivity index (χ3n) is 3.43. The Morgan fingerprint density at radius 2 is 2.00 bits per heavy atom. The van der Waals surface area contributed by atoms with Crippen LogP contribution in [0.15, 0.2) is 47.4 Å². The molecule has 0 heterocycles. The van der Waals surface area contributed by atoms with Crippen LogP contribution in [0.5, 0.6) is 0 Å². The zero-order valence-corrected chi connectivity index (χ0v) is 13.6. The number of nitrogens with two attached hydrogens (primary N) is 1. The number of rotatable bonds is 4. The summed E-state index contributed by atoms with van der Waals surface area (Å²) in [5.74, 6) is 3.24. The summed E-state index contributed by atoms with van der Waals surface area (Å²) in [5, 5.41) is 8.33. The van der Waals surface area contributed by atoms with Crippen LogP contribution in [0, 0.1) is 6.92 Å². The van der Waals surface area contributed by atoms with Crippen LogP contribution in [0.1, 0.15) is 28.4 Å². The van der Waals surface area contributed by atoms with Crippen molar-refractivity contribution in [3.63, 3.8) is 0 Å². The highest BCUT2D eigenvalue weighted by Gasteiger charge is 2.10. The van der Waals surface area contributed by atoms with Crippen molar-refractivity contribution in [2.45, 2.75) is 25.2 Å². The monoisotopic (exact) mass is 316 g/mol. The van der Waals surface area contributed by atoms with Crippen molar-refractivity contribution < 1.29 is 9.00 Å². The zero-order valence-electron chi connectivity index (χ0n) is 12.8. The molecular formula is C17H20N2O2S. The van der Waals surface area contributed by atoms with E-state index >= 15 is 0 Å². The third kappa shape index (κ3) is 3.75. The molecule has 2 rings (SSSR count). The lowest BCUT2D eigenvalue weighted by Gasteiger charge is -2.10. The second-order valence-corrected chi connectivity index (χ2v) is 7.13. The van der Waals surface area contributed by atoms with E-state index in [9.17, 15) is 9.00 Å². The number of benzene rings is 2. The summed E-state index contributed by atoms with van der Waals surface area (Å²) in [6.07, 6.45) is 0.930. The molecule has 0 bridgehead atoms. The van der Waals surface area contributed by atoms with Crippen molar-refractivity contribution >= 4 is 27.2 Å². The molecule has 0 fully saturated rings. The SMILES string of the molecule is C=S(N)(=O)c1cccc(NC(=O)c2ccc(CC)cc2C)c1. The maximum atomic E-state index is 12.4. The first-order chi connectivity index (χ1) is 10.3. The van der Waals surface area contributed by atoms with Crippen molar-refractivity contribution in [3.8, 4) is 0 Å². The highest BCUT2D eigenvalue weighted by Crippen LogP contribution is 2.17. The van der Waals surface area contributed by atoms with Crippen LogP contribution >= 0.6 is 0 Å². The van der Waals surface area contributed by atoms with Crippen LogP contribution in [0.25, 0.3) is 0 Å². The largest absolute Gasteiger partial charge is 0.322 e. The van der Waals surface area contributed by atoms with E-state index in [1.807, 2.05) is 25.1 Å². The van der Waals surface area contributed by atoms with Crippen LogP contribution < -0.4 is 10.5 Å². The summed E-state index contributed by atoms with van der Waals surface area (Å²) in [4.78, 5) is 12.8. The lowest BCUT2D eigenvalue weighted by Crippen LogP contribution is -2.15. The van der Waals surface area contributed by atoms with E-state index in [1.165, 1.54) is 5.56 Å². The van der Waals surface area contributed by atoms with Crippen molar-refractivity contribution in [2.75, 3.05) is 5.32 Å². The molecule has 0 spiro atoms. The summed E-state index contributed by atoms with van der Waals surface area (Å²) in [7, 11) is -2.79. The van der Waals surface area contributed by atoms with Crippen molar-refractivity contribution in [1.29, 1.82) is 0 Å². The van der Waals surface area contributed by atoms with Crippen LogP contribution in [-0.2, 0) is 16.1 Å². The highest BCUT2D eigenvalue weighted by atomic mass is 32.2. The van der Waals surface area contributed by atoms with E-state index in [2.05, 4.69) is 18.1 Å². The Morgan fingerprint density at radius 3 is 2.59 bits per heavy atom. The molecular weight excluding hydrogens is 296 g/mol. The lowest BCUT2D eigenvalue weighted by molar-refractivity contribution is 0.102. The molecule has 0 aliphatic carbocycles. The van der Waals surface area contributed by atoms with Crippen molar-refractivity contribution in [3.05, 3.63) is 59.2 Å². The number of carbonyl (C=O) groups is 1. The van der Waals surface area contributed by atoms with E-state index in [1.54, 1.807) is 24.3 Å². The number of hydrogen-bond donors (Lipinski definition) is 2. The van der Waals surface area contributed by atoms with Gasteiger partial charge in [0.1, 0.15) is 0 Å². The number of hydrogen-bond acceptors (Lipinski definition) is 2. The minimum Gasteiger partial charge on any atom is -0.322 e. The van der Waals surface area contributed by atoms with Gasteiger partial charge in [0, 0.05) is 16.1 Å². The van der Waals surface area contributed by atoms with Crippen LogP contribution in [0.2, 0.25) is 0 Å². The predicted molar refractivity (Wildman–Crippen MR) is 92.7 cm³/mol. The van der Waals surface area contributed by atoms with Crippen LogP contribution in [0.4, 0.5) is 5.69 Å². The Labute approximate surface area is 131 Å². The Bertz CT molecular complexity index is 811. The molecule has 0 radical (unpaired) electrons. The molecule has 1 atom stereocenters. The van der Waals surface area contributed by atoms with E-state index < -0.39 is 9.71 Å². The first-order valence-electron chi connectivity index (χ1n) is 6.97. The minimum atomic E-state index is -2.79. The van der Waals surface area contributed by atoms with E-state index in [-0.39, 0.29) is 5.91 Å². The Morgan fingerprint density at radius 1 is 1.27 bits per heavy atom. The summed E-state index contributed by atoms with van der Waals surface area (Å²) in [6, 6.07) is 12.4. The van der Waals surface area contributed by atoms with Gasteiger partial charge in [0.2, 0.25) is 0 Å². The van der Waals surface area contributed by atoms with Gasteiger partial charge in [-0.25, -0.2) is 4.21 Å². The molecule has 3 N–H and O–H groups in total. The van der Waals surface area contributed by atoms with Gasteiger partial charge in [-0.2, -0.15) is 0 Å². The molecule has 1 amide bonds. The quantitative estimate of drug-likeness (QED) is 0.851. The van der Waals surface area contributed by atoms with Gasteiger partial charge in [-0.1, -0.05) is 25.1 Å². The second-order valence-electron chi connectivity index (χ2n) is 5.21. The van der Waals surface area contributed by atoms with Crippen LogP contribution in [0.3, 0.4) is 0 Å². The molecule has 1 unspecified atom stereocenters. The van der Waals surface area contributed by atoms with Crippen molar-refractivity contribution in [1.82, 2.24) is 0 Å². The molecule has 5 heteroatoms. The van der Waals surface area contributed by atoms with Gasteiger partial charge < -0.3 is 5.32 Å². The fraction of sp³-hybridized carbons (Fsp3) is 0.176. The maximum absolute atomic E-state index is 12.4. The Balaban J connectivity index is 2.26. The summed E-state index contributed by atoms with van der Waals surface area (Å²) < 4.78 is 11.8. The van der Waals surface area contributed by atoms with Gasteiger partial charge in [-0.15, -0.1) is 0 Å².